The van der Waals surface area contributed by atoms with Crippen LogP contribution < -0.4 is 15.4 Å². The number of nitrogens with one attached hydrogen (secondary N) is 2. The van der Waals surface area contributed by atoms with E-state index in [9.17, 15) is 9.59 Å². The third-order valence-corrected chi connectivity index (χ3v) is 3.46. The van der Waals surface area contributed by atoms with Gasteiger partial charge in [-0.15, -0.1) is 0 Å². The Bertz CT molecular complexity index is 519. The Labute approximate surface area is 122 Å². The Morgan fingerprint density at radius 3 is 3.00 bits per heavy atom. The minimum Gasteiger partial charge on any atom is -0.492 e. The van der Waals surface area contributed by atoms with Gasteiger partial charge in [-0.3, -0.25) is 9.59 Å². The normalized spacial score (nSPS) is 16.8. The number of halogens is 1. The first-order valence-electron chi connectivity index (χ1n) is 6.49. The van der Waals surface area contributed by atoms with Gasteiger partial charge in [-0.1, -0.05) is 11.6 Å². The standard InChI is InChI=1S/C14H17ClN2O3/c1-16-13(18)4-5-17-14(19)10-6-9-7-11(15)2-3-12(9)20-8-10/h2-3,7,10H,4-6,8H2,1H3,(H,16,18)(H,17,19)/t10-/m1/s1. The summed E-state index contributed by atoms with van der Waals surface area (Å²) in [6.45, 7) is 0.678. The maximum atomic E-state index is 12.0. The Morgan fingerprint density at radius 1 is 1.45 bits per heavy atom. The molecule has 0 aromatic heterocycles. The van der Waals surface area contributed by atoms with Crippen molar-refractivity contribution in [1.29, 1.82) is 0 Å². The smallest absolute Gasteiger partial charge is 0.226 e. The molecule has 6 heteroatoms. The molecule has 1 aromatic carbocycles. The van der Waals surface area contributed by atoms with Gasteiger partial charge in [-0.2, -0.15) is 0 Å². The molecule has 108 valence electrons. The number of hydrogen-bond acceptors (Lipinski definition) is 3. The van der Waals surface area contributed by atoms with Gasteiger partial charge >= 0.3 is 0 Å². The second kappa shape index (κ2) is 6.61. The highest BCUT2D eigenvalue weighted by Crippen LogP contribution is 2.29. The molecule has 1 aliphatic heterocycles. The summed E-state index contributed by atoms with van der Waals surface area (Å²) >= 11 is 5.94. The minimum atomic E-state index is -0.245. The predicted molar refractivity (Wildman–Crippen MR) is 75.8 cm³/mol. The molecule has 5 nitrogen and oxygen atoms in total. The molecule has 20 heavy (non-hydrogen) atoms. The molecule has 1 aliphatic rings. The number of ether oxygens (including phenoxy) is 1. The van der Waals surface area contributed by atoms with Gasteiger partial charge in [0.05, 0.1) is 5.92 Å². The third-order valence-electron chi connectivity index (χ3n) is 3.23. The van der Waals surface area contributed by atoms with Crippen molar-refractivity contribution in [1.82, 2.24) is 10.6 Å². The highest BCUT2D eigenvalue weighted by atomic mass is 35.5. The van der Waals surface area contributed by atoms with E-state index < -0.39 is 0 Å². The van der Waals surface area contributed by atoms with Crippen LogP contribution in [0.25, 0.3) is 0 Å². The van der Waals surface area contributed by atoms with Crippen molar-refractivity contribution in [2.45, 2.75) is 12.8 Å². The van der Waals surface area contributed by atoms with E-state index in [-0.39, 0.29) is 24.2 Å². The molecule has 2 N–H and O–H groups in total. The quantitative estimate of drug-likeness (QED) is 0.876. The molecule has 0 bridgehead atoms. The molecular formula is C14H17ClN2O3. The highest BCUT2D eigenvalue weighted by molar-refractivity contribution is 6.30. The van der Waals surface area contributed by atoms with Crippen LogP contribution in [0.1, 0.15) is 12.0 Å². The number of hydrogen-bond donors (Lipinski definition) is 2. The van der Waals surface area contributed by atoms with Crippen molar-refractivity contribution in [2.75, 3.05) is 20.2 Å². The van der Waals surface area contributed by atoms with Crippen LogP contribution in [0.2, 0.25) is 5.02 Å². The molecule has 0 unspecified atom stereocenters. The summed E-state index contributed by atoms with van der Waals surface area (Å²) in [6, 6.07) is 5.41. The molecule has 0 spiro atoms. The fourth-order valence-corrected chi connectivity index (χ4v) is 2.29. The summed E-state index contributed by atoms with van der Waals surface area (Å²) in [5, 5.41) is 5.89. The Hall–Kier alpha value is -1.75. The van der Waals surface area contributed by atoms with E-state index in [1.165, 1.54) is 0 Å². The molecule has 1 atom stereocenters. The van der Waals surface area contributed by atoms with Gasteiger partial charge in [0.25, 0.3) is 0 Å². The second-order valence-electron chi connectivity index (χ2n) is 4.68. The van der Waals surface area contributed by atoms with Crippen molar-refractivity contribution in [3.05, 3.63) is 28.8 Å². The number of rotatable bonds is 4. The Morgan fingerprint density at radius 2 is 2.25 bits per heavy atom. The summed E-state index contributed by atoms with van der Waals surface area (Å²) in [7, 11) is 1.57. The molecule has 0 fully saturated rings. The Kier molecular flexibility index (Phi) is 4.84. The maximum absolute atomic E-state index is 12.0. The fourth-order valence-electron chi connectivity index (χ4n) is 2.10. The Balaban J connectivity index is 1.88. The van der Waals surface area contributed by atoms with E-state index in [0.29, 0.717) is 24.6 Å². The second-order valence-corrected chi connectivity index (χ2v) is 5.11. The van der Waals surface area contributed by atoms with Crippen molar-refractivity contribution < 1.29 is 14.3 Å². The summed E-state index contributed by atoms with van der Waals surface area (Å²) in [4.78, 5) is 23.1. The topological polar surface area (TPSA) is 67.4 Å². The summed E-state index contributed by atoms with van der Waals surface area (Å²) in [5.41, 5.74) is 0.940. The van der Waals surface area contributed by atoms with Crippen molar-refractivity contribution in [3.8, 4) is 5.75 Å². The van der Waals surface area contributed by atoms with Gasteiger partial charge < -0.3 is 15.4 Å². The van der Waals surface area contributed by atoms with E-state index in [4.69, 9.17) is 16.3 Å². The fraction of sp³-hybridized carbons (Fsp3) is 0.429. The van der Waals surface area contributed by atoms with Gasteiger partial charge in [-0.05, 0) is 30.2 Å². The molecule has 0 aliphatic carbocycles. The lowest BCUT2D eigenvalue weighted by Crippen LogP contribution is -2.38. The average Bonchev–Trinajstić information content (AvgIpc) is 2.46. The van der Waals surface area contributed by atoms with Gasteiger partial charge in [0.2, 0.25) is 11.8 Å². The van der Waals surface area contributed by atoms with Crippen LogP contribution in [-0.2, 0) is 16.0 Å². The van der Waals surface area contributed by atoms with E-state index in [0.717, 1.165) is 11.3 Å². The highest BCUT2D eigenvalue weighted by Gasteiger charge is 2.25. The zero-order valence-corrected chi connectivity index (χ0v) is 12.0. The van der Waals surface area contributed by atoms with E-state index in [1.54, 1.807) is 13.1 Å². The van der Waals surface area contributed by atoms with Crippen LogP contribution in [0.5, 0.6) is 5.75 Å². The van der Waals surface area contributed by atoms with Gasteiger partial charge in [-0.25, -0.2) is 0 Å². The van der Waals surface area contributed by atoms with Gasteiger partial charge in [0, 0.05) is 25.0 Å². The summed E-state index contributed by atoms with van der Waals surface area (Å²) in [5.74, 6) is 0.344. The monoisotopic (exact) mass is 296 g/mol. The number of amides is 2. The molecule has 0 saturated carbocycles. The number of carbonyl (C=O) groups is 2. The van der Waals surface area contributed by atoms with Crippen molar-refractivity contribution >= 4 is 23.4 Å². The minimum absolute atomic E-state index is 0.0951. The molecule has 0 radical (unpaired) electrons. The van der Waals surface area contributed by atoms with E-state index in [1.807, 2.05) is 12.1 Å². The number of carbonyl (C=O) groups excluding carboxylic acids is 2. The zero-order chi connectivity index (χ0) is 14.5. The predicted octanol–water partition coefficient (Wildman–Crippen LogP) is 1.14. The number of benzene rings is 1. The largest absolute Gasteiger partial charge is 0.492 e. The lowest BCUT2D eigenvalue weighted by Gasteiger charge is -2.24. The van der Waals surface area contributed by atoms with Crippen LogP contribution >= 0.6 is 11.6 Å². The first kappa shape index (κ1) is 14.7. The van der Waals surface area contributed by atoms with Crippen LogP contribution in [0.3, 0.4) is 0 Å². The van der Waals surface area contributed by atoms with E-state index in [2.05, 4.69) is 10.6 Å². The van der Waals surface area contributed by atoms with E-state index >= 15 is 0 Å². The maximum Gasteiger partial charge on any atom is 0.226 e. The first-order chi connectivity index (χ1) is 9.60. The summed E-state index contributed by atoms with van der Waals surface area (Å²) < 4.78 is 5.56. The molecule has 1 aromatic rings. The molecule has 0 saturated heterocycles. The molecule has 2 rings (SSSR count). The average molecular weight is 297 g/mol. The van der Waals surface area contributed by atoms with Crippen molar-refractivity contribution in [2.24, 2.45) is 5.92 Å². The van der Waals surface area contributed by atoms with Gasteiger partial charge in [0.1, 0.15) is 12.4 Å². The lowest BCUT2D eigenvalue weighted by atomic mass is 9.96. The van der Waals surface area contributed by atoms with Crippen molar-refractivity contribution in [3.63, 3.8) is 0 Å². The van der Waals surface area contributed by atoms with Crippen LogP contribution in [0.4, 0.5) is 0 Å². The van der Waals surface area contributed by atoms with Gasteiger partial charge in [0.15, 0.2) is 0 Å². The molecular weight excluding hydrogens is 280 g/mol. The summed E-state index contributed by atoms with van der Waals surface area (Å²) in [6.07, 6.45) is 0.875. The van der Waals surface area contributed by atoms with Crippen LogP contribution in [0.15, 0.2) is 18.2 Å². The molecule has 1 heterocycles. The molecule has 2 amide bonds. The lowest BCUT2D eigenvalue weighted by molar-refractivity contribution is -0.126. The van der Waals surface area contributed by atoms with Crippen LogP contribution in [-0.4, -0.2) is 32.0 Å². The van der Waals surface area contributed by atoms with Crippen LogP contribution in [0, 0.1) is 5.92 Å². The third kappa shape index (κ3) is 3.63. The SMILES string of the molecule is CNC(=O)CCNC(=O)[C@H]1COc2ccc(Cl)cc2C1. The number of fused-ring (bicyclic) bond motifs is 1. The zero-order valence-electron chi connectivity index (χ0n) is 11.2. The first-order valence-corrected chi connectivity index (χ1v) is 6.87.